The minimum Gasteiger partial charge on any atom is -0.374 e. The van der Waals surface area contributed by atoms with Crippen LogP contribution in [0.3, 0.4) is 0 Å². The summed E-state index contributed by atoms with van der Waals surface area (Å²) < 4.78 is 13.0. The largest absolute Gasteiger partial charge is 0.374 e. The molecule has 0 spiro atoms. The third-order valence-corrected chi connectivity index (χ3v) is 2.54. The van der Waals surface area contributed by atoms with Gasteiger partial charge >= 0.3 is 0 Å². The smallest absolute Gasteiger partial charge is 0.239 e. The van der Waals surface area contributed by atoms with Crippen molar-refractivity contribution in [3.05, 3.63) is 28.0 Å². The van der Waals surface area contributed by atoms with Gasteiger partial charge in [-0.15, -0.1) is 0 Å². The maximum absolute atomic E-state index is 13.0. The zero-order valence-corrected chi connectivity index (χ0v) is 11.9. The molecule has 0 heterocycles. The predicted molar refractivity (Wildman–Crippen MR) is 72.8 cm³/mol. The van der Waals surface area contributed by atoms with E-state index in [2.05, 4.69) is 10.6 Å². The van der Waals surface area contributed by atoms with Crippen LogP contribution in [-0.4, -0.2) is 18.0 Å². The molecule has 0 aliphatic rings. The second-order valence-electron chi connectivity index (χ2n) is 4.90. The number of amides is 1. The van der Waals surface area contributed by atoms with Crippen LogP contribution < -0.4 is 10.6 Å². The van der Waals surface area contributed by atoms with Crippen molar-refractivity contribution >= 4 is 34.8 Å². The Morgan fingerprint density at radius 3 is 2.22 bits per heavy atom. The molecule has 1 aromatic rings. The minimum atomic E-state index is -0.519. The lowest BCUT2D eigenvalue weighted by Crippen LogP contribution is -2.43. The molecule has 0 aromatic heterocycles. The fourth-order valence-corrected chi connectivity index (χ4v) is 1.94. The number of hydrogen-bond donors (Lipinski definition) is 2. The Labute approximate surface area is 116 Å². The summed E-state index contributed by atoms with van der Waals surface area (Å²) in [7, 11) is 0. The fraction of sp³-hybridized carbons (Fsp3) is 0.417. The highest BCUT2D eigenvalue weighted by Crippen LogP contribution is 2.31. The van der Waals surface area contributed by atoms with Gasteiger partial charge in [-0.1, -0.05) is 23.2 Å². The maximum Gasteiger partial charge on any atom is 0.239 e. The van der Waals surface area contributed by atoms with E-state index in [1.165, 1.54) is 0 Å². The molecule has 1 amide bonds. The summed E-state index contributed by atoms with van der Waals surface area (Å²) in [6, 6.07) is 2.27. The number of halogens is 3. The molecule has 18 heavy (non-hydrogen) atoms. The molecule has 0 saturated carbocycles. The van der Waals surface area contributed by atoms with Crippen LogP contribution in [0.25, 0.3) is 0 Å². The number of nitrogens with one attached hydrogen (secondary N) is 2. The summed E-state index contributed by atoms with van der Waals surface area (Å²) in [6.07, 6.45) is 0. The molecule has 1 rings (SSSR count). The van der Waals surface area contributed by atoms with E-state index in [1.54, 1.807) is 0 Å². The first-order valence-electron chi connectivity index (χ1n) is 5.38. The van der Waals surface area contributed by atoms with Crippen LogP contribution >= 0.6 is 23.2 Å². The van der Waals surface area contributed by atoms with Gasteiger partial charge in [0.25, 0.3) is 0 Å². The summed E-state index contributed by atoms with van der Waals surface area (Å²) >= 11 is 11.7. The van der Waals surface area contributed by atoms with Gasteiger partial charge < -0.3 is 10.6 Å². The molecular formula is C12H15Cl2FN2O. The van der Waals surface area contributed by atoms with Crippen LogP contribution in [0.4, 0.5) is 10.1 Å². The Morgan fingerprint density at radius 1 is 1.28 bits per heavy atom. The zero-order valence-electron chi connectivity index (χ0n) is 10.4. The number of carbonyl (C=O) groups is 1. The summed E-state index contributed by atoms with van der Waals surface area (Å²) in [4.78, 5) is 11.6. The molecule has 0 radical (unpaired) electrons. The Morgan fingerprint density at radius 2 is 1.78 bits per heavy atom. The average Bonchev–Trinajstić information content (AvgIpc) is 2.12. The van der Waals surface area contributed by atoms with Crippen molar-refractivity contribution in [3.63, 3.8) is 0 Å². The van der Waals surface area contributed by atoms with E-state index < -0.39 is 5.82 Å². The first-order chi connectivity index (χ1) is 8.19. The third-order valence-electron chi connectivity index (χ3n) is 1.95. The maximum atomic E-state index is 13.0. The Balaban J connectivity index is 2.67. The quantitative estimate of drug-likeness (QED) is 0.896. The molecule has 0 fully saturated rings. The average molecular weight is 293 g/mol. The van der Waals surface area contributed by atoms with Crippen molar-refractivity contribution < 1.29 is 9.18 Å². The van der Waals surface area contributed by atoms with E-state index in [1.807, 2.05) is 20.8 Å². The highest BCUT2D eigenvalue weighted by Gasteiger charge is 2.14. The van der Waals surface area contributed by atoms with E-state index in [0.717, 1.165) is 12.1 Å². The lowest BCUT2D eigenvalue weighted by Gasteiger charge is -2.21. The van der Waals surface area contributed by atoms with Gasteiger partial charge in [-0.2, -0.15) is 0 Å². The molecule has 6 heteroatoms. The molecule has 2 N–H and O–H groups in total. The Kier molecular flexibility index (Phi) is 4.82. The van der Waals surface area contributed by atoms with Gasteiger partial charge in [0.15, 0.2) is 0 Å². The molecule has 0 aliphatic carbocycles. The molecule has 0 aliphatic heterocycles. The molecule has 0 saturated heterocycles. The SMILES string of the molecule is CC(C)(C)NC(=O)CNc1c(Cl)cc(F)cc1Cl. The van der Waals surface area contributed by atoms with Crippen molar-refractivity contribution in [2.75, 3.05) is 11.9 Å². The predicted octanol–water partition coefficient (Wildman–Crippen LogP) is 3.46. The highest BCUT2D eigenvalue weighted by atomic mass is 35.5. The molecule has 3 nitrogen and oxygen atoms in total. The monoisotopic (exact) mass is 292 g/mol. The second kappa shape index (κ2) is 5.76. The standard InChI is InChI=1S/C12H15Cl2FN2O/c1-12(2,3)17-10(18)6-16-11-8(13)4-7(15)5-9(11)14/h4-5,16H,6H2,1-3H3,(H,17,18). The van der Waals surface area contributed by atoms with E-state index in [9.17, 15) is 9.18 Å². The molecule has 0 unspecified atom stereocenters. The van der Waals surface area contributed by atoms with Gasteiger partial charge in [0.2, 0.25) is 5.91 Å². The Hall–Kier alpha value is -1.00. The summed E-state index contributed by atoms with van der Waals surface area (Å²) in [5.41, 5.74) is 0.0404. The summed E-state index contributed by atoms with van der Waals surface area (Å²) in [6.45, 7) is 5.65. The zero-order chi connectivity index (χ0) is 13.9. The van der Waals surface area contributed by atoms with Gasteiger partial charge in [-0.3, -0.25) is 4.79 Å². The summed E-state index contributed by atoms with van der Waals surface area (Å²) in [5, 5.41) is 5.85. The van der Waals surface area contributed by atoms with Gasteiger partial charge in [-0.05, 0) is 32.9 Å². The number of rotatable bonds is 3. The first-order valence-corrected chi connectivity index (χ1v) is 6.14. The fourth-order valence-electron chi connectivity index (χ4n) is 1.34. The van der Waals surface area contributed by atoms with Crippen LogP contribution in [0, 0.1) is 5.82 Å². The minimum absolute atomic E-state index is 0.0162. The van der Waals surface area contributed by atoms with Gasteiger partial charge in [0, 0.05) is 5.54 Å². The summed E-state index contributed by atoms with van der Waals surface area (Å²) in [5.74, 6) is -0.714. The van der Waals surface area contributed by atoms with Crippen molar-refractivity contribution in [1.82, 2.24) is 5.32 Å². The number of hydrogen-bond acceptors (Lipinski definition) is 2. The number of benzene rings is 1. The lowest BCUT2D eigenvalue weighted by atomic mass is 10.1. The van der Waals surface area contributed by atoms with E-state index in [0.29, 0.717) is 5.69 Å². The van der Waals surface area contributed by atoms with Crippen LogP contribution in [-0.2, 0) is 4.79 Å². The normalized spacial score (nSPS) is 11.2. The highest BCUT2D eigenvalue weighted by molar-refractivity contribution is 6.39. The molecule has 0 bridgehead atoms. The molecule has 100 valence electrons. The molecular weight excluding hydrogens is 278 g/mol. The van der Waals surface area contributed by atoms with Crippen LogP contribution in [0.15, 0.2) is 12.1 Å². The van der Waals surface area contributed by atoms with Crippen molar-refractivity contribution in [2.45, 2.75) is 26.3 Å². The van der Waals surface area contributed by atoms with E-state index in [4.69, 9.17) is 23.2 Å². The van der Waals surface area contributed by atoms with Gasteiger partial charge in [-0.25, -0.2) is 4.39 Å². The van der Waals surface area contributed by atoms with Crippen molar-refractivity contribution in [1.29, 1.82) is 0 Å². The lowest BCUT2D eigenvalue weighted by molar-refractivity contribution is -0.120. The Bertz CT molecular complexity index is 435. The number of anilines is 1. The number of carbonyl (C=O) groups excluding carboxylic acids is 1. The molecule has 0 atom stereocenters. The van der Waals surface area contributed by atoms with Crippen LogP contribution in [0.5, 0.6) is 0 Å². The topological polar surface area (TPSA) is 41.1 Å². The van der Waals surface area contributed by atoms with Crippen LogP contribution in [0.1, 0.15) is 20.8 Å². The van der Waals surface area contributed by atoms with E-state index in [-0.39, 0.29) is 28.0 Å². The second-order valence-corrected chi connectivity index (χ2v) is 5.71. The first kappa shape index (κ1) is 15.1. The third kappa shape index (κ3) is 4.70. The van der Waals surface area contributed by atoms with Crippen molar-refractivity contribution in [2.24, 2.45) is 0 Å². The van der Waals surface area contributed by atoms with Gasteiger partial charge in [0.1, 0.15) is 5.82 Å². The van der Waals surface area contributed by atoms with Gasteiger partial charge in [0.05, 0.1) is 22.3 Å². The van der Waals surface area contributed by atoms with Crippen molar-refractivity contribution in [3.8, 4) is 0 Å². The molecule has 1 aromatic carbocycles. The van der Waals surface area contributed by atoms with E-state index >= 15 is 0 Å². The van der Waals surface area contributed by atoms with Crippen LogP contribution in [0.2, 0.25) is 10.0 Å².